The van der Waals surface area contributed by atoms with Crippen molar-refractivity contribution < 1.29 is 117 Å². The molecular weight excluding hydrogens is 206 g/mol. The molecule has 0 saturated carbocycles. The summed E-state index contributed by atoms with van der Waals surface area (Å²) in [6.45, 7) is 9.50. The first kappa shape index (κ1) is 29.7. The predicted octanol–water partition coefficient (Wildman–Crippen LogP) is -8.68. The van der Waals surface area contributed by atoms with E-state index < -0.39 is 9.17 Å². The van der Waals surface area contributed by atoms with Gasteiger partial charge in [0, 0.05) is 9.17 Å². The molecule has 0 bridgehead atoms. The van der Waals surface area contributed by atoms with Crippen molar-refractivity contribution >= 4 is 9.17 Å². The fraction of sp³-hybridized carbons (Fsp3) is 0. The van der Waals surface area contributed by atoms with Crippen LogP contribution in [0.5, 0.6) is 0 Å². The van der Waals surface area contributed by atoms with Crippen LogP contribution in [0.3, 0.4) is 0 Å². The molecule has 0 saturated heterocycles. The van der Waals surface area contributed by atoms with Crippen LogP contribution in [-0.4, -0.2) is 9.17 Å². The molecule has 0 spiro atoms. The first-order valence-electron chi connectivity index (χ1n) is 1.06. The van der Waals surface area contributed by atoms with Gasteiger partial charge in [-0.25, -0.2) is 0 Å². The molecule has 0 N–H and O–H groups in total. The van der Waals surface area contributed by atoms with Crippen molar-refractivity contribution in [3.05, 3.63) is 13.1 Å². The average Bonchev–Trinajstić information content (AvgIpc) is 1.75. The van der Waals surface area contributed by atoms with Crippen molar-refractivity contribution in [3.63, 3.8) is 0 Å². The van der Waals surface area contributed by atoms with Crippen molar-refractivity contribution in [1.29, 1.82) is 10.5 Å². The van der Waals surface area contributed by atoms with E-state index in [1.54, 1.807) is 0 Å². The van der Waals surface area contributed by atoms with Gasteiger partial charge in [0.25, 0.3) is 0 Å². The Kier molecular flexibility index (Phi) is 133. The van der Waals surface area contributed by atoms with Gasteiger partial charge in [0.15, 0.2) is 0 Å². The summed E-state index contributed by atoms with van der Waals surface area (Å²) < 4.78 is 8.52. The third kappa shape index (κ3) is 222. The SMILES string of the molecule is O=[Si]([O-])[O-].[C-]#N.[C-]#N.[K+].[K+]. The van der Waals surface area contributed by atoms with Crippen molar-refractivity contribution in [2.24, 2.45) is 0 Å². The van der Waals surface area contributed by atoms with Crippen LogP contribution in [-0.2, 0) is 4.46 Å². The molecule has 0 aliphatic rings. The standard InChI is InChI=1S/2CN.2K.O3Si/c2*1-2;;;1-4(2)3/q2*-1;2*+1;-2. The molecule has 8 heteroatoms. The molecule has 44 valence electrons. The van der Waals surface area contributed by atoms with Crippen LogP contribution in [0.25, 0.3) is 0 Å². The molecule has 0 aliphatic carbocycles. The molecule has 0 radical (unpaired) electrons. The van der Waals surface area contributed by atoms with Crippen LogP contribution in [0.1, 0.15) is 0 Å². The topological polar surface area (TPSA) is 111 Å². The summed E-state index contributed by atoms with van der Waals surface area (Å²) in [4.78, 5) is 17.0. The first-order chi connectivity index (χ1) is 3.73. The molecule has 5 nitrogen and oxygen atoms in total. The maximum atomic E-state index is 8.52. The Hall–Kier alpha value is 1.87. The monoisotopic (exact) mass is 206 g/mol. The normalized spacial score (nSPS) is 2.80. The summed E-state index contributed by atoms with van der Waals surface area (Å²) in [5, 5.41) is 12.5. The molecule has 0 fully saturated rings. The molecule has 10 heavy (non-hydrogen) atoms. The van der Waals surface area contributed by atoms with E-state index in [0.29, 0.717) is 0 Å². The van der Waals surface area contributed by atoms with E-state index in [1.165, 1.54) is 0 Å². The fourth-order valence-electron chi connectivity index (χ4n) is 0. The molecule has 0 heterocycles. The Morgan fingerprint density at radius 1 is 1.00 bits per heavy atom. The molecule has 0 aromatic carbocycles. The Balaban J connectivity index is -0.0000000125. The van der Waals surface area contributed by atoms with Gasteiger partial charge in [-0.3, -0.25) is 0 Å². The van der Waals surface area contributed by atoms with Crippen LogP contribution in [0.4, 0.5) is 0 Å². The summed E-state index contributed by atoms with van der Waals surface area (Å²) in [6, 6.07) is 0. The van der Waals surface area contributed by atoms with E-state index in [0.717, 1.165) is 0 Å². The number of rotatable bonds is 0. The minimum absolute atomic E-state index is 0. The largest absolute Gasteiger partial charge is 1.00 e. The Labute approximate surface area is 146 Å². The maximum Gasteiger partial charge on any atom is 1.00 e. The summed E-state index contributed by atoms with van der Waals surface area (Å²) in [5.74, 6) is 0. The van der Waals surface area contributed by atoms with Gasteiger partial charge in [0.1, 0.15) is 0 Å². The van der Waals surface area contributed by atoms with E-state index in [4.69, 9.17) is 37.7 Å². The van der Waals surface area contributed by atoms with Gasteiger partial charge >= 0.3 is 103 Å². The Morgan fingerprint density at radius 3 is 1.00 bits per heavy atom. The number of hydrogen-bond donors (Lipinski definition) is 0. The van der Waals surface area contributed by atoms with Crippen molar-refractivity contribution in [3.8, 4) is 0 Å². The number of hydrogen-bond acceptors (Lipinski definition) is 5. The van der Waals surface area contributed by atoms with Crippen LogP contribution >= 0.6 is 0 Å². The molecule has 0 rings (SSSR count). The molecule has 0 amide bonds. The minimum atomic E-state index is -3.63. The quantitative estimate of drug-likeness (QED) is 0.289. The zero-order valence-electron chi connectivity index (χ0n) is 5.62. The van der Waals surface area contributed by atoms with E-state index in [-0.39, 0.29) is 103 Å². The van der Waals surface area contributed by atoms with E-state index >= 15 is 0 Å². The summed E-state index contributed by atoms with van der Waals surface area (Å²) >= 11 is 0. The first-order valence-corrected chi connectivity index (χ1v) is 2.28. The second kappa shape index (κ2) is 44.7. The molecule has 0 atom stereocenters. The average molecular weight is 206 g/mol. The second-order valence-electron chi connectivity index (χ2n) is 0.250. The van der Waals surface area contributed by atoms with Crippen LogP contribution in [0.2, 0.25) is 0 Å². The van der Waals surface area contributed by atoms with Gasteiger partial charge in [-0.1, -0.05) is 0 Å². The second-order valence-corrected chi connectivity index (χ2v) is 0.750. The van der Waals surface area contributed by atoms with Gasteiger partial charge in [-0.05, 0) is 0 Å². The van der Waals surface area contributed by atoms with Crippen LogP contribution < -0.4 is 112 Å². The minimum Gasteiger partial charge on any atom is -0.672 e. The van der Waals surface area contributed by atoms with Gasteiger partial charge in [0.2, 0.25) is 0 Å². The Morgan fingerprint density at radius 2 is 1.00 bits per heavy atom. The predicted molar refractivity (Wildman–Crippen MR) is 16.4 cm³/mol. The van der Waals surface area contributed by atoms with E-state index in [1.807, 2.05) is 0 Å². The number of nitrogens with zero attached hydrogens (tertiary/aromatic N) is 2. The van der Waals surface area contributed by atoms with Crippen LogP contribution in [0, 0.1) is 23.7 Å². The summed E-state index contributed by atoms with van der Waals surface area (Å²) in [7, 11) is -3.63. The van der Waals surface area contributed by atoms with Crippen molar-refractivity contribution in [2.75, 3.05) is 0 Å². The van der Waals surface area contributed by atoms with Gasteiger partial charge in [-0.2, -0.15) is 0 Å². The summed E-state index contributed by atoms with van der Waals surface area (Å²) in [5.41, 5.74) is 0. The summed E-state index contributed by atoms with van der Waals surface area (Å²) in [6.07, 6.45) is 0. The Bertz CT molecular complexity index is 85.0. The van der Waals surface area contributed by atoms with Gasteiger partial charge in [0.05, 0.1) is 0 Å². The molecule has 0 aromatic rings. The van der Waals surface area contributed by atoms with Gasteiger partial charge < -0.3 is 37.7 Å². The maximum absolute atomic E-state index is 8.52. The molecule has 0 aliphatic heterocycles. The zero-order valence-corrected chi connectivity index (χ0v) is 12.9. The van der Waals surface area contributed by atoms with Crippen molar-refractivity contribution in [2.45, 2.75) is 0 Å². The van der Waals surface area contributed by atoms with Crippen molar-refractivity contribution in [1.82, 2.24) is 0 Å². The van der Waals surface area contributed by atoms with Crippen LogP contribution in [0.15, 0.2) is 0 Å². The van der Waals surface area contributed by atoms with E-state index in [9.17, 15) is 0 Å². The van der Waals surface area contributed by atoms with E-state index in [2.05, 4.69) is 0 Å². The molecule has 0 unspecified atom stereocenters. The molecule has 0 aromatic heterocycles. The third-order valence-electron chi connectivity index (χ3n) is 0. The molecular formula is C2K2N2O3Si-2. The smallest absolute Gasteiger partial charge is 0.672 e. The zero-order chi connectivity index (χ0) is 7.58. The fourth-order valence-corrected chi connectivity index (χ4v) is 0. The van der Waals surface area contributed by atoms with Gasteiger partial charge in [-0.15, -0.1) is 0 Å². The third-order valence-corrected chi connectivity index (χ3v) is 0.